The van der Waals surface area contributed by atoms with E-state index in [1.165, 1.54) is 0 Å². The van der Waals surface area contributed by atoms with Crippen LogP contribution < -0.4 is 11.5 Å². The SMILES string of the molecule is NCCc1c[nH]c2cccc(O)c12.NCCc1c[nH]c2cccc(O)c12. The van der Waals surface area contributed by atoms with E-state index in [1.54, 1.807) is 12.1 Å². The lowest BCUT2D eigenvalue weighted by Gasteiger charge is -1.98. The van der Waals surface area contributed by atoms with Gasteiger partial charge in [0.05, 0.1) is 0 Å². The second kappa shape index (κ2) is 7.95. The van der Waals surface area contributed by atoms with E-state index in [9.17, 15) is 10.2 Å². The third kappa shape index (κ3) is 3.51. The van der Waals surface area contributed by atoms with E-state index in [-0.39, 0.29) is 0 Å². The Kier molecular flexibility index (Phi) is 5.46. The zero-order valence-electron chi connectivity index (χ0n) is 14.5. The van der Waals surface area contributed by atoms with Gasteiger partial charge in [-0.05, 0) is 61.3 Å². The molecule has 0 atom stereocenters. The van der Waals surface area contributed by atoms with E-state index in [4.69, 9.17) is 11.5 Å². The zero-order valence-corrected chi connectivity index (χ0v) is 14.5. The minimum absolute atomic E-state index is 0.321. The summed E-state index contributed by atoms with van der Waals surface area (Å²) in [5.41, 5.74) is 15.0. The minimum Gasteiger partial charge on any atom is -0.507 e. The predicted molar refractivity (Wildman–Crippen MR) is 105 cm³/mol. The number of aromatic hydroxyl groups is 2. The fraction of sp³-hybridized carbons (Fsp3) is 0.200. The maximum absolute atomic E-state index is 9.61. The van der Waals surface area contributed by atoms with E-state index in [2.05, 4.69) is 9.97 Å². The number of phenols is 2. The molecule has 0 aliphatic rings. The third-order valence-electron chi connectivity index (χ3n) is 4.36. The Bertz CT molecular complexity index is 922. The summed E-state index contributed by atoms with van der Waals surface area (Å²) >= 11 is 0. The molecular formula is C20H24N4O2. The molecular weight excluding hydrogens is 328 g/mol. The summed E-state index contributed by atoms with van der Waals surface area (Å²) in [7, 11) is 0. The van der Waals surface area contributed by atoms with Gasteiger partial charge in [0.1, 0.15) is 11.5 Å². The van der Waals surface area contributed by atoms with E-state index in [0.29, 0.717) is 24.6 Å². The van der Waals surface area contributed by atoms with Crippen molar-refractivity contribution in [3.63, 3.8) is 0 Å². The van der Waals surface area contributed by atoms with Crippen molar-refractivity contribution >= 4 is 21.8 Å². The van der Waals surface area contributed by atoms with Crippen LogP contribution in [0.25, 0.3) is 21.8 Å². The van der Waals surface area contributed by atoms with Crippen LogP contribution >= 0.6 is 0 Å². The molecule has 0 saturated heterocycles. The molecule has 26 heavy (non-hydrogen) atoms. The van der Waals surface area contributed by atoms with Crippen LogP contribution in [0.1, 0.15) is 11.1 Å². The number of fused-ring (bicyclic) bond motifs is 2. The Hall–Kier alpha value is -2.96. The molecule has 0 aliphatic carbocycles. The van der Waals surface area contributed by atoms with Gasteiger partial charge in [-0.25, -0.2) is 0 Å². The molecule has 0 bridgehead atoms. The van der Waals surface area contributed by atoms with Crippen LogP contribution in [0.3, 0.4) is 0 Å². The highest BCUT2D eigenvalue weighted by molar-refractivity contribution is 5.89. The highest BCUT2D eigenvalue weighted by atomic mass is 16.3. The van der Waals surface area contributed by atoms with Crippen molar-refractivity contribution in [2.24, 2.45) is 11.5 Å². The summed E-state index contributed by atoms with van der Waals surface area (Å²) in [5, 5.41) is 21.0. The Balaban J connectivity index is 0.000000151. The maximum Gasteiger partial charge on any atom is 0.125 e. The van der Waals surface area contributed by atoms with Crippen LogP contribution in [0, 0.1) is 0 Å². The number of aromatic nitrogens is 2. The lowest BCUT2D eigenvalue weighted by Crippen LogP contribution is -2.01. The highest BCUT2D eigenvalue weighted by Gasteiger charge is 2.07. The van der Waals surface area contributed by atoms with Crippen LogP contribution in [0.15, 0.2) is 48.8 Å². The number of rotatable bonds is 4. The molecule has 0 fully saturated rings. The van der Waals surface area contributed by atoms with Crippen molar-refractivity contribution in [3.8, 4) is 11.5 Å². The molecule has 0 spiro atoms. The first-order valence-corrected chi connectivity index (χ1v) is 8.61. The van der Waals surface area contributed by atoms with Crippen molar-refractivity contribution in [1.29, 1.82) is 0 Å². The van der Waals surface area contributed by atoms with Gasteiger partial charge in [0.15, 0.2) is 0 Å². The van der Waals surface area contributed by atoms with Crippen LogP contribution in [-0.4, -0.2) is 33.3 Å². The van der Waals surface area contributed by atoms with Crippen LogP contribution in [-0.2, 0) is 12.8 Å². The molecule has 0 amide bonds. The average Bonchev–Trinajstić information content (AvgIpc) is 3.23. The fourth-order valence-corrected chi connectivity index (χ4v) is 3.18. The lowest BCUT2D eigenvalue weighted by atomic mass is 10.1. The molecule has 2 aromatic heterocycles. The summed E-state index contributed by atoms with van der Waals surface area (Å²) in [6.45, 7) is 1.20. The molecule has 0 saturated carbocycles. The van der Waals surface area contributed by atoms with Crippen molar-refractivity contribution in [2.45, 2.75) is 12.8 Å². The first kappa shape index (κ1) is 17.8. The monoisotopic (exact) mass is 352 g/mol. The summed E-state index contributed by atoms with van der Waals surface area (Å²) in [4.78, 5) is 6.20. The molecule has 4 rings (SSSR count). The van der Waals surface area contributed by atoms with Gasteiger partial charge in [0.2, 0.25) is 0 Å². The molecule has 2 heterocycles. The summed E-state index contributed by atoms with van der Waals surface area (Å²) in [6, 6.07) is 10.9. The number of nitrogens with two attached hydrogens (primary N) is 2. The molecule has 2 aromatic carbocycles. The Labute approximate surface area is 151 Å². The number of nitrogens with one attached hydrogen (secondary N) is 2. The fourth-order valence-electron chi connectivity index (χ4n) is 3.18. The van der Waals surface area contributed by atoms with E-state index in [1.807, 2.05) is 36.7 Å². The minimum atomic E-state index is 0.321. The first-order valence-electron chi connectivity index (χ1n) is 8.61. The molecule has 6 nitrogen and oxygen atoms in total. The number of H-pyrrole nitrogens is 2. The number of benzene rings is 2. The molecule has 6 heteroatoms. The number of hydrogen-bond donors (Lipinski definition) is 6. The summed E-state index contributed by atoms with van der Waals surface area (Å²) in [6.07, 6.45) is 5.38. The Morgan fingerprint density at radius 3 is 1.50 bits per heavy atom. The van der Waals surface area contributed by atoms with Crippen molar-refractivity contribution in [2.75, 3.05) is 13.1 Å². The highest BCUT2D eigenvalue weighted by Crippen LogP contribution is 2.28. The molecule has 8 N–H and O–H groups in total. The smallest absolute Gasteiger partial charge is 0.125 e. The zero-order chi connectivity index (χ0) is 18.5. The van der Waals surface area contributed by atoms with E-state index in [0.717, 1.165) is 45.8 Å². The molecule has 136 valence electrons. The number of aromatic amines is 2. The van der Waals surface area contributed by atoms with Gasteiger partial charge >= 0.3 is 0 Å². The Morgan fingerprint density at radius 1 is 0.692 bits per heavy atom. The summed E-state index contributed by atoms with van der Waals surface area (Å²) < 4.78 is 0. The second-order valence-corrected chi connectivity index (χ2v) is 6.10. The molecule has 0 aliphatic heterocycles. The van der Waals surface area contributed by atoms with Crippen LogP contribution in [0.5, 0.6) is 11.5 Å². The normalized spacial score (nSPS) is 10.8. The first-order chi connectivity index (χ1) is 12.7. The lowest BCUT2D eigenvalue weighted by molar-refractivity contribution is 0.481. The maximum atomic E-state index is 9.61. The molecule has 0 radical (unpaired) electrons. The van der Waals surface area contributed by atoms with Gasteiger partial charge in [0.25, 0.3) is 0 Å². The van der Waals surface area contributed by atoms with Gasteiger partial charge in [-0.3, -0.25) is 0 Å². The van der Waals surface area contributed by atoms with Crippen LogP contribution in [0.2, 0.25) is 0 Å². The van der Waals surface area contributed by atoms with Gasteiger partial charge in [0, 0.05) is 34.2 Å². The largest absolute Gasteiger partial charge is 0.507 e. The number of hydrogen-bond acceptors (Lipinski definition) is 4. The van der Waals surface area contributed by atoms with Crippen LogP contribution in [0.4, 0.5) is 0 Å². The topological polar surface area (TPSA) is 124 Å². The molecule has 0 unspecified atom stereocenters. The second-order valence-electron chi connectivity index (χ2n) is 6.10. The van der Waals surface area contributed by atoms with Crippen molar-refractivity contribution in [1.82, 2.24) is 9.97 Å². The van der Waals surface area contributed by atoms with Crippen molar-refractivity contribution < 1.29 is 10.2 Å². The van der Waals surface area contributed by atoms with Gasteiger partial charge < -0.3 is 31.6 Å². The van der Waals surface area contributed by atoms with Gasteiger partial charge in [-0.15, -0.1) is 0 Å². The standard InChI is InChI=1S/2C10H12N2O/c2*11-5-4-7-6-12-8-2-1-3-9(13)10(7)8/h2*1-3,6,12-13H,4-5,11H2. The summed E-state index contributed by atoms with van der Waals surface area (Å²) in [5.74, 6) is 0.643. The number of phenolic OH excluding ortho intramolecular Hbond substituents is 2. The van der Waals surface area contributed by atoms with E-state index >= 15 is 0 Å². The van der Waals surface area contributed by atoms with Gasteiger partial charge in [-0.2, -0.15) is 0 Å². The Morgan fingerprint density at radius 2 is 1.12 bits per heavy atom. The quantitative estimate of drug-likeness (QED) is 0.338. The van der Waals surface area contributed by atoms with E-state index < -0.39 is 0 Å². The third-order valence-corrected chi connectivity index (χ3v) is 4.36. The van der Waals surface area contributed by atoms with Crippen molar-refractivity contribution in [3.05, 3.63) is 59.9 Å². The predicted octanol–water partition coefficient (Wildman–Crippen LogP) is 2.75. The average molecular weight is 352 g/mol. The molecule has 4 aromatic rings. The van der Waals surface area contributed by atoms with Gasteiger partial charge in [-0.1, -0.05) is 12.1 Å².